The van der Waals surface area contributed by atoms with Gasteiger partial charge in [0.1, 0.15) is 0 Å². The summed E-state index contributed by atoms with van der Waals surface area (Å²) in [5.74, 6) is -0.194. The van der Waals surface area contributed by atoms with Gasteiger partial charge in [0.15, 0.2) is 17.4 Å². The monoisotopic (exact) mass is 408 g/mol. The minimum absolute atomic E-state index is 0.194. The number of benzene rings is 2. The maximum atomic E-state index is 13.3. The summed E-state index contributed by atoms with van der Waals surface area (Å²) in [5, 5.41) is 17.1. The smallest absolute Gasteiger partial charge is 0.238 e. The van der Waals surface area contributed by atoms with Gasteiger partial charge in [0.05, 0.1) is 0 Å². The molecule has 2 aromatic carbocycles. The molecule has 0 saturated heterocycles. The van der Waals surface area contributed by atoms with E-state index in [1.165, 1.54) is 0 Å². The van der Waals surface area contributed by atoms with Gasteiger partial charge in [-0.25, -0.2) is 0 Å². The molecule has 3 nitrogen and oxygen atoms in total. The minimum Gasteiger partial charge on any atom is -0.867 e. The number of nitrogens with one attached hydrogen (secondary N) is 1. The number of hydrogen-bond acceptors (Lipinski definition) is 2. The number of hydrogen-bond donors (Lipinski definition) is 1. The van der Waals surface area contributed by atoms with Crippen LogP contribution in [0, 0.1) is 20.8 Å². The molecule has 3 aromatic rings. The van der Waals surface area contributed by atoms with E-state index >= 15 is 0 Å². The average molecular weight is 409 g/mol. The number of aryl methyl sites for hydroxylation is 3. The second kappa shape index (κ2) is 8.55. The van der Waals surface area contributed by atoms with Gasteiger partial charge < -0.3 is 10.4 Å². The molecule has 3 rings (SSSR count). The van der Waals surface area contributed by atoms with E-state index in [4.69, 9.17) is 23.8 Å². The maximum absolute atomic E-state index is 13.3. The Balaban J connectivity index is 2.10. The molecule has 0 atom stereocenters. The van der Waals surface area contributed by atoms with Crippen molar-refractivity contribution in [2.75, 3.05) is 5.32 Å². The van der Waals surface area contributed by atoms with Crippen LogP contribution >= 0.6 is 23.8 Å². The first-order valence-electron chi connectivity index (χ1n) is 8.88. The molecule has 0 unspecified atom stereocenters. The van der Waals surface area contributed by atoms with Crippen molar-refractivity contribution in [1.82, 2.24) is 0 Å². The highest BCUT2D eigenvalue weighted by Gasteiger charge is 2.19. The highest BCUT2D eigenvalue weighted by molar-refractivity contribution is 7.81. The van der Waals surface area contributed by atoms with Crippen molar-refractivity contribution >= 4 is 46.0 Å². The normalized spacial score (nSPS) is 11.7. The highest BCUT2D eigenvalue weighted by Crippen LogP contribution is 2.21. The lowest BCUT2D eigenvalue weighted by molar-refractivity contribution is -0.578. The van der Waals surface area contributed by atoms with Gasteiger partial charge in [0.2, 0.25) is 5.70 Å². The second-order valence-electron chi connectivity index (χ2n) is 6.81. The summed E-state index contributed by atoms with van der Waals surface area (Å²) in [6.07, 6.45) is 3.70. The average Bonchev–Trinajstić information content (AvgIpc) is 2.61. The lowest BCUT2D eigenvalue weighted by atomic mass is 10.1. The van der Waals surface area contributed by atoms with Crippen LogP contribution in [0.5, 0.6) is 0 Å². The van der Waals surface area contributed by atoms with Crippen molar-refractivity contribution in [3.63, 3.8) is 0 Å². The molecule has 0 aliphatic rings. The van der Waals surface area contributed by atoms with Crippen molar-refractivity contribution in [3.8, 4) is 0 Å². The van der Waals surface area contributed by atoms with Gasteiger partial charge in [-0.1, -0.05) is 42.0 Å². The third-order valence-electron chi connectivity index (χ3n) is 4.20. The molecule has 0 radical (unpaired) electrons. The van der Waals surface area contributed by atoms with Crippen LogP contribution in [0.2, 0.25) is 5.02 Å². The van der Waals surface area contributed by atoms with Crippen LogP contribution in [0.25, 0.3) is 11.5 Å². The molecule has 0 spiro atoms. The molecular formula is C23H21ClN2OS. The van der Waals surface area contributed by atoms with Gasteiger partial charge in [-0.15, -0.1) is 0 Å². The number of thiocarbonyl (C=S) groups is 1. The second-order valence-corrected chi connectivity index (χ2v) is 7.65. The highest BCUT2D eigenvalue weighted by atomic mass is 35.5. The molecule has 0 bridgehead atoms. The predicted octanol–water partition coefficient (Wildman–Crippen LogP) is 4.68. The van der Waals surface area contributed by atoms with Crippen molar-refractivity contribution in [1.29, 1.82) is 0 Å². The summed E-state index contributed by atoms with van der Waals surface area (Å²) in [6, 6.07) is 16.8. The molecule has 1 aromatic heterocycles. The minimum atomic E-state index is -0.194. The number of halogens is 1. The fourth-order valence-electron chi connectivity index (χ4n) is 3.07. The summed E-state index contributed by atoms with van der Waals surface area (Å²) in [5.41, 5.74) is 4.98. The molecule has 0 fully saturated rings. The Bertz CT molecular complexity index is 1060. The Labute approximate surface area is 175 Å². The van der Waals surface area contributed by atoms with Crippen LogP contribution < -0.4 is 15.0 Å². The predicted molar refractivity (Wildman–Crippen MR) is 118 cm³/mol. The number of aromatic nitrogens is 1. The van der Waals surface area contributed by atoms with Crippen molar-refractivity contribution in [3.05, 3.63) is 94.3 Å². The summed E-state index contributed by atoms with van der Waals surface area (Å²) in [4.78, 5) is 0.352. The Kier molecular flexibility index (Phi) is 6.12. The largest absolute Gasteiger partial charge is 0.867 e. The first-order valence-corrected chi connectivity index (χ1v) is 9.67. The van der Waals surface area contributed by atoms with Crippen molar-refractivity contribution in [2.45, 2.75) is 20.8 Å². The molecule has 5 heteroatoms. The van der Waals surface area contributed by atoms with Gasteiger partial charge in [0, 0.05) is 22.3 Å². The molecule has 0 saturated carbocycles. The van der Waals surface area contributed by atoms with E-state index in [-0.39, 0.29) is 5.76 Å². The molecule has 1 N–H and O–H groups in total. The maximum Gasteiger partial charge on any atom is 0.238 e. The lowest BCUT2D eigenvalue weighted by Crippen LogP contribution is -2.40. The molecule has 0 amide bonds. The summed E-state index contributed by atoms with van der Waals surface area (Å²) >= 11 is 11.7. The number of rotatable bonds is 4. The molecule has 0 aliphatic heterocycles. The van der Waals surface area contributed by atoms with Crippen LogP contribution in [-0.2, 0) is 0 Å². The Morgan fingerprint density at radius 2 is 1.68 bits per heavy atom. The SMILES string of the molecule is Cc1cc(C)cc(NC(=S)C(=C([O-])c2cccc(Cl)c2)[n+]2cccc(C)c2)c1. The number of anilines is 1. The van der Waals surface area contributed by atoms with Gasteiger partial charge in [-0.3, -0.25) is 0 Å². The third-order valence-corrected chi connectivity index (χ3v) is 4.73. The van der Waals surface area contributed by atoms with Gasteiger partial charge in [-0.2, -0.15) is 4.57 Å². The Morgan fingerprint density at radius 1 is 0.964 bits per heavy atom. The lowest BCUT2D eigenvalue weighted by Gasteiger charge is -2.17. The first-order chi connectivity index (χ1) is 13.3. The fraction of sp³-hybridized carbons (Fsp3) is 0.130. The van der Waals surface area contributed by atoms with E-state index < -0.39 is 0 Å². The van der Waals surface area contributed by atoms with E-state index in [9.17, 15) is 5.11 Å². The summed E-state index contributed by atoms with van der Waals surface area (Å²) < 4.78 is 1.76. The standard InChI is InChI=1S/C23H21ClN2OS/c1-15-6-5-9-26(14-15)21(22(27)18-7-4-8-19(24)13-18)23(28)25-20-11-16(2)10-17(3)12-20/h4-14H,1-3H3,(H-,25,27,28). The van der Waals surface area contributed by atoms with E-state index in [2.05, 4.69) is 11.4 Å². The summed E-state index contributed by atoms with van der Waals surface area (Å²) in [6.45, 7) is 6.02. The summed E-state index contributed by atoms with van der Waals surface area (Å²) in [7, 11) is 0. The van der Waals surface area contributed by atoms with E-state index in [1.807, 2.05) is 57.4 Å². The zero-order chi connectivity index (χ0) is 20.3. The Morgan fingerprint density at radius 3 is 2.32 bits per heavy atom. The van der Waals surface area contributed by atoms with Gasteiger partial charge >= 0.3 is 0 Å². The number of nitrogens with zero attached hydrogens (tertiary/aromatic N) is 1. The quantitative estimate of drug-likeness (QED) is 0.295. The van der Waals surface area contributed by atoms with Crippen LogP contribution in [0.4, 0.5) is 5.69 Å². The fourth-order valence-corrected chi connectivity index (χ4v) is 3.58. The molecule has 0 aliphatic carbocycles. The first kappa shape index (κ1) is 20.1. The molecule has 142 valence electrons. The molecule has 28 heavy (non-hydrogen) atoms. The molecular weight excluding hydrogens is 388 g/mol. The zero-order valence-corrected chi connectivity index (χ0v) is 17.6. The van der Waals surface area contributed by atoms with E-state index in [1.54, 1.807) is 28.8 Å². The van der Waals surface area contributed by atoms with Crippen molar-refractivity contribution in [2.24, 2.45) is 0 Å². The Hall–Kier alpha value is -2.69. The van der Waals surface area contributed by atoms with Crippen LogP contribution in [0.3, 0.4) is 0 Å². The van der Waals surface area contributed by atoms with Crippen LogP contribution in [0.15, 0.2) is 67.0 Å². The van der Waals surface area contributed by atoms with E-state index in [0.29, 0.717) is 21.3 Å². The molecule has 1 heterocycles. The van der Waals surface area contributed by atoms with E-state index in [0.717, 1.165) is 22.4 Å². The van der Waals surface area contributed by atoms with Crippen LogP contribution in [0.1, 0.15) is 22.3 Å². The zero-order valence-electron chi connectivity index (χ0n) is 16.0. The van der Waals surface area contributed by atoms with Gasteiger partial charge in [-0.05, 0) is 73.6 Å². The third kappa shape index (κ3) is 4.77. The topological polar surface area (TPSA) is 39.0 Å². The number of pyridine rings is 1. The van der Waals surface area contributed by atoms with Crippen molar-refractivity contribution < 1.29 is 9.67 Å². The van der Waals surface area contributed by atoms with Crippen LogP contribution in [-0.4, -0.2) is 4.99 Å². The van der Waals surface area contributed by atoms with Gasteiger partial charge in [0.25, 0.3) is 0 Å².